The molecule has 0 aliphatic heterocycles. The molecular formula is C13H14ClNO. The van der Waals surface area contributed by atoms with Crippen molar-refractivity contribution in [2.24, 2.45) is 0 Å². The smallest absolute Gasteiger partial charge is 0.251 e. The van der Waals surface area contributed by atoms with Crippen LogP contribution in [0.3, 0.4) is 0 Å². The van der Waals surface area contributed by atoms with Crippen molar-refractivity contribution in [1.82, 2.24) is 5.32 Å². The zero-order valence-electron chi connectivity index (χ0n) is 9.43. The predicted molar refractivity (Wildman–Crippen MR) is 66.6 cm³/mol. The van der Waals surface area contributed by atoms with Gasteiger partial charge in [0.25, 0.3) is 5.91 Å². The first kappa shape index (κ1) is 12.6. The second-order valence-corrected chi connectivity index (χ2v) is 3.83. The fraction of sp³-hybridized carbons (Fsp3) is 0.308. The highest BCUT2D eigenvalue weighted by Crippen LogP contribution is 2.15. The van der Waals surface area contributed by atoms with E-state index in [0.29, 0.717) is 23.6 Å². The Morgan fingerprint density at radius 2 is 2.25 bits per heavy atom. The number of amides is 1. The molecule has 0 spiro atoms. The van der Waals surface area contributed by atoms with E-state index in [2.05, 4.69) is 17.2 Å². The van der Waals surface area contributed by atoms with E-state index < -0.39 is 0 Å². The van der Waals surface area contributed by atoms with Gasteiger partial charge in [0.05, 0.1) is 0 Å². The number of halogens is 1. The van der Waals surface area contributed by atoms with Crippen molar-refractivity contribution >= 4 is 17.5 Å². The molecule has 0 fully saturated rings. The number of benzene rings is 1. The Labute approximate surface area is 101 Å². The molecular weight excluding hydrogens is 222 g/mol. The molecule has 1 amide bonds. The van der Waals surface area contributed by atoms with Gasteiger partial charge in [-0.05, 0) is 31.5 Å². The number of hydrogen-bond acceptors (Lipinski definition) is 1. The van der Waals surface area contributed by atoms with Crippen LogP contribution in [0.1, 0.15) is 29.3 Å². The molecule has 1 rings (SSSR count). The van der Waals surface area contributed by atoms with Crippen molar-refractivity contribution < 1.29 is 4.79 Å². The highest BCUT2D eigenvalue weighted by atomic mass is 35.5. The van der Waals surface area contributed by atoms with Crippen LogP contribution in [-0.4, -0.2) is 12.5 Å². The first-order chi connectivity index (χ1) is 7.65. The van der Waals surface area contributed by atoms with Gasteiger partial charge < -0.3 is 5.32 Å². The van der Waals surface area contributed by atoms with Crippen molar-refractivity contribution in [2.75, 3.05) is 6.54 Å². The summed E-state index contributed by atoms with van der Waals surface area (Å²) in [6, 6.07) is 5.29. The summed E-state index contributed by atoms with van der Waals surface area (Å²) in [5.41, 5.74) is 1.54. The van der Waals surface area contributed by atoms with E-state index in [1.54, 1.807) is 19.1 Å². The van der Waals surface area contributed by atoms with Crippen LogP contribution in [0.4, 0.5) is 0 Å². The lowest BCUT2D eigenvalue weighted by molar-refractivity contribution is 0.0954. The van der Waals surface area contributed by atoms with E-state index in [0.717, 1.165) is 5.56 Å². The lowest BCUT2D eigenvalue weighted by Crippen LogP contribution is -2.24. The number of carbonyl (C=O) groups excluding carboxylic acids is 1. The molecule has 0 radical (unpaired) electrons. The SMILES string of the molecule is CC#CCCNC(=O)c1cc(Cl)ccc1C. The van der Waals surface area contributed by atoms with Crippen molar-refractivity contribution in [3.05, 3.63) is 34.3 Å². The summed E-state index contributed by atoms with van der Waals surface area (Å²) in [5, 5.41) is 3.37. The number of carbonyl (C=O) groups is 1. The molecule has 1 aromatic carbocycles. The predicted octanol–water partition coefficient (Wildman–Crippen LogP) is 2.79. The maximum atomic E-state index is 11.8. The molecule has 84 valence electrons. The zero-order chi connectivity index (χ0) is 12.0. The minimum Gasteiger partial charge on any atom is -0.351 e. The number of nitrogens with one attached hydrogen (secondary N) is 1. The third-order valence-corrected chi connectivity index (χ3v) is 2.39. The average Bonchev–Trinajstić information content (AvgIpc) is 2.27. The summed E-state index contributed by atoms with van der Waals surface area (Å²) in [6.07, 6.45) is 0.669. The van der Waals surface area contributed by atoms with Gasteiger partial charge in [-0.15, -0.1) is 11.8 Å². The molecule has 1 N–H and O–H groups in total. The Balaban J connectivity index is 2.64. The van der Waals surface area contributed by atoms with Crippen LogP contribution in [0.5, 0.6) is 0 Å². The van der Waals surface area contributed by atoms with Crippen LogP contribution in [0.15, 0.2) is 18.2 Å². The molecule has 0 atom stereocenters. The van der Waals surface area contributed by atoms with Gasteiger partial charge in [-0.25, -0.2) is 0 Å². The number of hydrogen-bond donors (Lipinski definition) is 1. The Hall–Kier alpha value is -1.46. The van der Waals surface area contributed by atoms with Gasteiger partial charge in [-0.1, -0.05) is 17.7 Å². The molecule has 0 saturated heterocycles. The summed E-state index contributed by atoms with van der Waals surface area (Å²) < 4.78 is 0. The molecule has 1 aromatic rings. The number of aryl methyl sites for hydroxylation is 1. The maximum Gasteiger partial charge on any atom is 0.251 e. The van der Waals surface area contributed by atoms with Crippen LogP contribution in [0.2, 0.25) is 5.02 Å². The fourth-order valence-corrected chi connectivity index (χ4v) is 1.47. The minimum atomic E-state index is -0.0992. The van der Waals surface area contributed by atoms with Crippen molar-refractivity contribution in [3.63, 3.8) is 0 Å². The second kappa shape index (κ2) is 6.19. The maximum absolute atomic E-state index is 11.8. The molecule has 0 aromatic heterocycles. The van der Waals surface area contributed by atoms with Gasteiger partial charge in [-0.3, -0.25) is 4.79 Å². The monoisotopic (exact) mass is 235 g/mol. The first-order valence-corrected chi connectivity index (χ1v) is 5.47. The third-order valence-electron chi connectivity index (χ3n) is 2.16. The van der Waals surface area contributed by atoms with Crippen LogP contribution in [0, 0.1) is 18.8 Å². The Morgan fingerprint density at radius 3 is 2.94 bits per heavy atom. The lowest BCUT2D eigenvalue weighted by atomic mass is 10.1. The van der Waals surface area contributed by atoms with Crippen molar-refractivity contribution in [3.8, 4) is 11.8 Å². The summed E-state index contributed by atoms with van der Waals surface area (Å²) in [5.74, 6) is 5.57. The highest BCUT2D eigenvalue weighted by Gasteiger charge is 2.08. The normalized spacial score (nSPS) is 9.19. The van der Waals surface area contributed by atoms with Crippen molar-refractivity contribution in [2.45, 2.75) is 20.3 Å². The Kier molecular flexibility index (Phi) is 4.88. The summed E-state index contributed by atoms with van der Waals surface area (Å²) in [7, 11) is 0. The van der Waals surface area contributed by atoms with Gasteiger partial charge in [0, 0.05) is 23.6 Å². The summed E-state index contributed by atoms with van der Waals surface area (Å²) in [4.78, 5) is 11.8. The quantitative estimate of drug-likeness (QED) is 0.634. The van der Waals surface area contributed by atoms with E-state index in [4.69, 9.17) is 11.6 Å². The summed E-state index contributed by atoms with van der Waals surface area (Å²) >= 11 is 5.84. The molecule has 2 nitrogen and oxygen atoms in total. The molecule has 0 aliphatic rings. The van der Waals surface area contributed by atoms with Gasteiger partial charge in [0.1, 0.15) is 0 Å². The highest BCUT2D eigenvalue weighted by molar-refractivity contribution is 6.31. The molecule has 0 heterocycles. The Morgan fingerprint density at radius 1 is 1.50 bits per heavy atom. The van der Waals surface area contributed by atoms with Gasteiger partial charge in [0.15, 0.2) is 0 Å². The average molecular weight is 236 g/mol. The standard InChI is InChI=1S/C13H14ClNO/c1-3-4-5-8-15-13(16)12-9-11(14)7-6-10(12)2/h6-7,9H,5,8H2,1-2H3,(H,15,16). The van der Waals surface area contributed by atoms with Gasteiger partial charge >= 0.3 is 0 Å². The molecule has 16 heavy (non-hydrogen) atoms. The van der Waals surface area contributed by atoms with Crippen LogP contribution >= 0.6 is 11.6 Å². The largest absolute Gasteiger partial charge is 0.351 e. The second-order valence-electron chi connectivity index (χ2n) is 3.39. The lowest BCUT2D eigenvalue weighted by Gasteiger charge is -2.06. The van der Waals surface area contributed by atoms with E-state index in [1.807, 2.05) is 13.0 Å². The van der Waals surface area contributed by atoms with E-state index >= 15 is 0 Å². The molecule has 0 aliphatic carbocycles. The van der Waals surface area contributed by atoms with Crippen LogP contribution < -0.4 is 5.32 Å². The first-order valence-electron chi connectivity index (χ1n) is 5.09. The molecule has 3 heteroatoms. The van der Waals surface area contributed by atoms with Gasteiger partial charge in [0.2, 0.25) is 0 Å². The summed E-state index contributed by atoms with van der Waals surface area (Å²) in [6.45, 7) is 4.23. The number of rotatable bonds is 3. The molecule has 0 bridgehead atoms. The minimum absolute atomic E-state index is 0.0992. The van der Waals surface area contributed by atoms with Gasteiger partial charge in [-0.2, -0.15) is 0 Å². The Bertz CT molecular complexity index is 443. The van der Waals surface area contributed by atoms with Crippen LogP contribution in [0.25, 0.3) is 0 Å². The zero-order valence-corrected chi connectivity index (χ0v) is 10.2. The van der Waals surface area contributed by atoms with E-state index in [-0.39, 0.29) is 5.91 Å². The molecule has 0 saturated carbocycles. The van der Waals surface area contributed by atoms with Crippen LogP contribution in [-0.2, 0) is 0 Å². The fourth-order valence-electron chi connectivity index (χ4n) is 1.30. The van der Waals surface area contributed by atoms with E-state index in [9.17, 15) is 4.79 Å². The topological polar surface area (TPSA) is 29.1 Å². The van der Waals surface area contributed by atoms with E-state index in [1.165, 1.54) is 0 Å². The van der Waals surface area contributed by atoms with Crippen molar-refractivity contribution in [1.29, 1.82) is 0 Å². The molecule has 0 unspecified atom stereocenters. The third kappa shape index (κ3) is 3.60.